The predicted molar refractivity (Wildman–Crippen MR) is 128 cm³/mol. The van der Waals surface area contributed by atoms with E-state index in [0.29, 0.717) is 26.1 Å². The molecule has 3 aliphatic heterocycles. The largest absolute Gasteiger partial charge is 0.342 e. The number of urea groups is 1. The second kappa shape index (κ2) is 10.2. The van der Waals surface area contributed by atoms with Crippen molar-refractivity contribution in [3.8, 4) is 0 Å². The van der Waals surface area contributed by atoms with Crippen LogP contribution in [0, 0.1) is 11.8 Å². The van der Waals surface area contributed by atoms with Gasteiger partial charge in [0.15, 0.2) is 0 Å². The quantitative estimate of drug-likeness (QED) is 0.613. The average Bonchev–Trinajstić information content (AvgIpc) is 3.44. The minimum atomic E-state index is -0.936. The van der Waals surface area contributed by atoms with Gasteiger partial charge in [0.25, 0.3) is 5.91 Å². The summed E-state index contributed by atoms with van der Waals surface area (Å²) < 4.78 is 0. The number of nitrogens with one attached hydrogen (secondary N) is 1. The number of hydrogen-bond acceptors (Lipinski definition) is 4. The average molecular weight is 455 g/mol. The van der Waals surface area contributed by atoms with Crippen LogP contribution in [-0.2, 0) is 16.0 Å². The van der Waals surface area contributed by atoms with Crippen LogP contribution >= 0.6 is 0 Å². The van der Waals surface area contributed by atoms with Gasteiger partial charge in [-0.25, -0.2) is 4.79 Å². The molecule has 3 saturated heterocycles. The zero-order chi connectivity index (χ0) is 23.4. The molecule has 1 aromatic rings. The molecule has 0 aromatic heterocycles. The van der Waals surface area contributed by atoms with Crippen LogP contribution in [0.4, 0.5) is 4.79 Å². The minimum Gasteiger partial charge on any atom is -0.342 e. The van der Waals surface area contributed by atoms with Gasteiger partial charge in [0.1, 0.15) is 5.54 Å². The van der Waals surface area contributed by atoms with E-state index in [1.807, 2.05) is 49.1 Å². The van der Waals surface area contributed by atoms with Gasteiger partial charge in [-0.15, -0.1) is 0 Å². The van der Waals surface area contributed by atoms with E-state index in [-0.39, 0.29) is 29.7 Å². The summed E-state index contributed by atoms with van der Waals surface area (Å²) in [4.78, 5) is 45.3. The van der Waals surface area contributed by atoms with Gasteiger partial charge in [-0.05, 0) is 56.7 Å². The van der Waals surface area contributed by atoms with Crippen LogP contribution in [-0.4, -0.2) is 77.4 Å². The van der Waals surface area contributed by atoms with E-state index in [1.54, 1.807) is 0 Å². The van der Waals surface area contributed by atoms with Gasteiger partial charge in [0.05, 0.1) is 0 Å². The van der Waals surface area contributed by atoms with Crippen LogP contribution in [0.25, 0.3) is 0 Å². The molecule has 4 amide bonds. The number of amides is 4. The number of benzene rings is 1. The van der Waals surface area contributed by atoms with Crippen molar-refractivity contribution >= 4 is 17.8 Å². The number of imide groups is 1. The van der Waals surface area contributed by atoms with E-state index in [1.165, 1.54) is 17.7 Å². The fourth-order valence-electron chi connectivity index (χ4n) is 5.63. The number of piperidine rings is 1. The lowest BCUT2D eigenvalue weighted by molar-refractivity contribution is -0.138. The van der Waals surface area contributed by atoms with Crippen LogP contribution in [0.2, 0.25) is 0 Å². The first kappa shape index (κ1) is 23.7. The highest BCUT2D eigenvalue weighted by molar-refractivity contribution is 6.07. The van der Waals surface area contributed by atoms with E-state index >= 15 is 0 Å². The molecule has 7 heteroatoms. The number of rotatable bonds is 8. The molecule has 7 nitrogen and oxygen atoms in total. The lowest BCUT2D eigenvalue weighted by Crippen LogP contribution is -2.58. The molecule has 0 saturated carbocycles. The molecule has 0 radical (unpaired) electrons. The predicted octanol–water partition coefficient (Wildman–Crippen LogP) is 2.90. The van der Waals surface area contributed by atoms with Crippen LogP contribution in [0.15, 0.2) is 30.3 Å². The lowest BCUT2D eigenvalue weighted by Gasteiger charge is -2.41. The summed E-state index contributed by atoms with van der Waals surface area (Å²) in [7, 11) is 0. The molecule has 180 valence electrons. The van der Waals surface area contributed by atoms with E-state index in [0.717, 1.165) is 44.5 Å². The molecule has 2 atom stereocenters. The molecule has 3 heterocycles. The number of likely N-dealkylation sites (tertiary alicyclic amines) is 2. The van der Waals surface area contributed by atoms with Crippen LogP contribution in [0.1, 0.15) is 51.5 Å². The SMILES string of the molecule is CCC(C)C(=O)N1CCC(C2(Cc3ccccc3)NC(=O)N(CCN3CCCC3)C2=O)CC1. The van der Waals surface area contributed by atoms with Crippen molar-refractivity contribution in [3.05, 3.63) is 35.9 Å². The van der Waals surface area contributed by atoms with Gasteiger partial charge < -0.3 is 15.1 Å². The fourth-order valence-corrected chi connectivity index (χ4v) is 5.63. The van der Waals surface area contributed by atoms with Gasteiger partial charge >= 0.3 is 6.03 Å². The first-order chi connectivity index (χ1) is 15.9. The normalized spacial score (nSPS) is 25.5. The Hall–Kier alpha value is -2.41. The highest BCUT2D eigenvalue weighted by Crippen LogP contribution is 2.37. The third kappa shape index (κ3) is 4.93. The highest BCUT2D eigenvalue weighted by atomic mass is 16.2. The van der Waals surface area contributed by atoms with Crippen molar-refractivity contribution < 1.29 is 14.4 Å². The van der Waals surface area contributed by atoms with Crippen molar-refractivity contribution in [1.82, 2.24) is 20.0 Å². The summed E-state index contributed by atoms with van der Waals surface area (Å²) in [5, 5.41) is 3.15. The standard InChI is InChI=1S/C26H38N4O3/c1-3-20(2)23(31)29-15-11-22(12-16-29)26(19-21-9-5-4-6-10-21)24(32)30(25(33)27-26)18-17-28-13-7-8-14-28/h4-6,9-10,20,22H,3,7-8,11-19H2,1-2H3,(H,27,33). The van der Waals surface area contributed by atoms with Gasteiger partial charge in [0, 0.05) is 38.5 Å². The molecule has 2 unspecified atom stereocenters. The van der Waals surface area contributed by atoms with E-state index < -0.39 is 5.54 Å². The van der Waals surface area contributed by atoms with E-state index in [9.17, 15) is 14.4 Å². The Labute approximate surface area is 197 Å². The maximum absolute atomic E-state index is 13.9. The van der Waals surface area contributed by atoms with Crippen molar-refractivity contribution in [2.45, 2.75) is 57.9 Å². The summed E-state index contributed by atoms with van der Waals surface area (Å²) in [5.74, 6) is 0.130. The summed E-state index contributed by atoms with van der Waals surface area (Å²) in [6, 6.07) is 9.69. The molecule has 0 aliphatic carbocycles. The molecular formula is C26H38N4O3. The molecule has 3 aliphatic rings. The number of nitrogens with zero attached hydrogens (tertiary/aromatic N) is 3. The maximum Gasteiger partial charge on any atom is 0.325 e. The van der Waals surface area contributed by atoms with Gasteiger partial charge in [-0.3, -0.25) is 14.5 Å². The monoisotopic (exact) mass is 454 g/mol. The Morgan fingerprint density at radius 3 is 2.36 bits per heavy atom. The number of carbonyl (C=O) groups excluding carboxylic acids is 3. The zero-order valence-corrected chi connectivity index (χ0v) is 20.1. The Balaban J connectivity index is 1.52. The van der Waals surface area contributed by atoms with Crippen molar-refractivity contribution in [1.29, 1.82) is 0 Å². The van der Waals surface area contributed by atoms with E-state index in [2.05, 4.69) is 10.2 Å². The topological polar surface area (TPSA) is 73.0 Å². The molecule has 3 fully saturated rings. The molecule has 33 heavy (non-hydrogen) atoms. The number of hydrogen-bond donors (Lipinski definition) is 1. The smallest absolute Gasteiger partial charge is 0.325 e. The van der Waals surface area contributed by atoms with Crippen molar-refractivity contribution in [3.63, 3.8) is 0 Å². The minimum absolute atomic E-state index is 0.00641. The first-order valence-electron chi connectivity index (χ1n) is 12.6. The fraction of sp³-hybridized carbons (Fsp3) is 0.654. The van der Waals surface area contributed by atoms with Crippen molar-refractivity contribution in [2.75, 3.05) is 39.3 Å². The van der Waals surface area contributed by atoms with Crippen LogP contribution in [0.5, 0.6) is 0 Å². The first-order valence-corrected chi connectivity index (χ1v) is 12.6. The number of carbonyl (C=O) groups is 3. The summed E-state index contributed by atoms with van der Waals surface area (Å²) in [6.07, 6.45) is 5.14. The second-order valence-corrected chi connectivity index (χ2v) is 9.98. The summed E-state index contributed by atoms with van der Waals surface area (Å²) in [5.41, 5.74) is 0.111. The Kier molecular flexibility index (Phi) is 7.37. The van der Waals surface area contributed by atoms with Gasteiger partial charge in [-0.2, -0.15) is 0 Å². The second-order valence-electron chi connectivity index (χ2n) is 9.98. The Bertz CT molecular complexity index is 846. The van der Waals surface area contributed by atoms with Crippen LogP contribution in [0.3, 0.4) is 0 Å². The molecular weight excluding hydrogens is 416 g/mol. The zero-order valence-electron chi connectivity index (χ0n) is 20.1. The Morgan fingerprint density at radius 1 is 1.06 bits per heavy atom. The van der Waals surface area contributed by atoms with E-state index in [4.69, 9.17) is 0 Å². The molecule has 4 rings (SSSR count). The third-order valence-corrected chi connectivity index (χ3v) is 7.90. The lowest BCUT2D eigenvalue weighted by atomic mass is 9.73. The molecule has 0 spiro atoms. The molecule has 0 bridgehead atoms. The third-order valence-electron chi connectivity index (χ3n) is 7.90. The van der Waals surface area contributed by atoms with Crippen LogP contribution < -0.4 is 5.32 Å². The molecule has 1 N–H and O–H groups in total. The summed E-state index contributed by atoms with van der Waals surface area (Å²) in [6.45, 7) is 8.55. The van der Waals surface area contributed by atoms with Crippen molar-refractivity contribution in [2.24, 2.45) is 11.8 Å². The Morgan fingerprint density at radius 2 is 1.73 bits per heavy atom. The highest BCUT2D eigenvalue weighted by Gasteiger charge is 2.56. The molecule has 1 aromatic carbocycles. The van der Waals surface area contributed by atoms with Gasteiger partial charge in [0.2, 0.25) is 5.91 Å². The maximum atomic E-state index is 13.9. The van der Waals surface area contributed by atoms with Gasteiger partial charge in [-0.1, -0.05) is 44.2 Å². The summed E-state index contributed by atoms with van der Waals surface area (Å²) >= 11 is 0.